The van der Waals surface area contributed by atoms with Gasteiger partial charge < -0.3 is 10.2 Å². The van der Waals surface area contributed by atoms with Gasteiger partial charge in [0.05, 0.1) is 6.54 Å². The number of nitrogens with zero attached hydrogens (tertiary/aromatic N) is 3. The van der Waals surface area contributed by atoms with Crippen LogP contribution >= 0.6 is 0 Å². The normalized spacial score (nSPS) is 13.1. The Hall–Kier alpha value is -1.00. The molecule has 0 spiro atoms. The Balaban J connectivity index is 2.22. The van der Waals surface area contributed by atoms with Gasteiger partial charge in [0.25, 0.3) is 0 Å². The maximum Gasteiger partial charge on any atom is 0.141 e. The number of nitrogens with one attached hydrogen (secondary N) is 1. The van der Waals surface area contributed by atoms with Crippen molar-refractivity contribution in [3.05, 3.63) is 24.3 Å². The molecule has 1 heterocycles. The van der Waals surface area contributed by atoms with E-state index in [9.17, 15) is 0 Å². The summed E-state index contributed by atoms with van der Waals surface area (Å²) in [5, 5.41) is 3.32. The van der Waals surface area contributed by atoms with E-state index in [1.54, 1.807) is 12.4 Å². The summed E-state index contributed by atoms with van der Waals surface area (Å²) in [6.45, 7) is 3.86. The van der Waals surface area contributed by atoms with Crippen molar-refractivity contribution in [3.8, 4) is 0 Å². The molecule has 0 aromatic carbocycles. The molecule has 1 N–H and O–H groups in total. The van der Waals surface area contributed by atoms with Crippen LogP contribution in [0.2, 0.25) is 0 Å². The van der Waals surface area contributed by atoms with E-state index in [2.05, 4.69) is 41.2 Å². The van der Waals surface area contributed by atoms with Crippen LogP contribution in [0.1, 0.15) is 12.7 Å². The van der Waals surface area contributed by atoms with Gasteiger partial charge in [-0.25, -0.2) is 9.97 Å². The van der Waals surface area contributed by atoms with Crippen molar-refractivity contribution in [3.63, 3.8) is 0 Å². The Morgan fingerprint density at radius 1 is 1.36 bits per heavy atom. The van der Waals surface area contributed by atoms with Gasteiger partial charge in [0.2, 0.25) is 0 Å². The first-order valence-corrected chi connectivity index (χ1v) is 4.83. The van der Waals surface area contributed by atoms with Crippen molar-refractivity contribution in [2.75, 3.05) is 20.6 Å². The summed E-state index contributed by atoms with van der Waals surface area (Å²) >= 11 is 0. The maximum atomic E-state index is 4.13. The second-order valence-electron chi connectivity index (χ2n) is 3.61. The Kier molecular flexibility index (Phi) is 4.49. The van der Waals surface area contributed by atoms with Crippen LogP contribution in [0.3, 0.4) is 0 Å². The first-order valence-electron chi connectivity index (χ1n) is 4.83. The minimum atomic E-state index is 0.527. The fourth-order valence-electron chi connectivity index (χ4n) is 0.997. The Labute approximate surface area is 85.4 Å². The molecule has 1 aromatic heterocycles. The molecular weight excluding hydrogens is 176 g/mol. The standard InChI is InChI=1S/C10H18N4/c1-9(14(2)3)7-11-8-10-12-5-4-6-13-10/h4-6,9,11H,7-8H2,1-3H3. The summed E-state index contributed by atoms with van der Waals surface area (Å²) in [7, 11) is 4.15. The highest BCUT2D eigenvalue weighted by atomic mass is 15.1. The minimum absolute atomic E-state index is 0.527. The highest BCUT2D eigenvalue weighted by molar-refractivity contribution is 4.87. The van der Waals surface area contributed by atoms with Crippen LogP contribution < -0.4 is 5.32 Å². The van der Waals surface area contributed by atoms with Crippen LogP contribution in [0.15, 0.2) is 18.5 Å². The van der Waals surface area contributed by atoms with E-state index >= 15 is 0 Å². The quantitative estimate of drug-likeness (QED) is 0.742. The first kappa shape index (κ1) is 11.1. The lowest BCUT2D eigenvalue weighted by atomic mass is 10.3. The highest BCUT2D eigenvalue weighted by Crippen LogP contribution is 1.90. The molecule has 1 rings (SSSR count). The molecule has 0 saturated carbocycles. The SMILES string of the molecule is CC(CNCc1ncccn1)N(C)C. The van der Waals surface area contributed by atoms with Crippen LogP contribution in [0, 0.1) is 0 Å². The second kappa shape index (κ2) is 5.67. The van der Waals surface area contributed by atoms with Gasteiger partial charge in [0, 0.05) is 25.0 Å². The van der Waals surface area contributed by atoms with Crippen molar-refractivity contribution < 1.29 is 0 Å². The average molecular weight is 194 g/mol. The summed E-state index contributed by atoms with van der Waals surface area (Å²) in [6.07, 6.45) is 3.53. The third-order valence-corrected chi connectivity index (χ3v) is 2.22. The largest absolute Gasteiger partial charge is 0.308 e. The number of hydrogen-bond donors (Lipinski definition) is 1. The predicted octanol–water partition coefficient (Wildman–Crippen LogP) is 0.516. The summed E-state index contributed by atoms with van der Waals surface area (Å²) in [4.78, 5) is 10.4. The van der Waals surface area contributed by atoms with Crippen LogP contribution in [0.4, 0.5) is 0 Å². The van der Waals surface area contributed by atoms with Gasteiger partial charge >= 0.3 is 0 Å². The third kappa shape index (κ3) is 3.81. The molecule has 14 heavy (non-hydrogen) atoms. The third-order valence-electron chi connectivity index (χ3n) is 2.22. The molecule has 1 unspecified atom stereocenters. The van der Waals surface area contributed by atoms with Gasteiger partial charge in [-0.15, -0.1) is 0 Å². The molecule has 0 aliphatic carbocycles. The molecule has 0 amide bonds. The van der Waals surface area contributed by atoms with E-state index in [0.29, 0.717) is 6.04 Å². The van der Waals surface area contributed by atoms with E-state index in [-0.39, 0.29) is 0 Å². The van der Waals surface area contributed by atoms with Gasteiger partial charge in [-0.1, -0.05) is 0 Å². The van der Waals surface area contributed by atoms with Crippen molar-refractivity contribution >= 4 is 0 Å². The molecule has 0 saturated heterocycles. The zero-order chi connectivity index (χ0) is 10.4. The summed E-state index contributed by atoms with van der Waals surface area (Å²) in [5.41, 5.74) is 0. The Morgan fingerprint density at radius 3 is 2.57 bits per heavy atom. The molecule has 78 valence electrons. The molecule has 0 aliphatic heterocycles. The molecule has 1 atom stereocenters. The van der Waals surface area contributed by atoms with E-state index in [1.165, 1.54) is 0 Å². The predicted molar refractivity (Wildman–Crippen MR) is 56.9 cm³/mol. The molecule has 0 radical (unpaired) electrons. The maximum absolute atomic E-state index is 4.13. The van der Waals surface area contributed by atoms with E-state index in [4.69, 9.17) is 0 Å². The zero-order valence-electron chi connectivity index (χ0n) is 9.07. The van der Waals surface area contributed by atoms with Gasteiger partial charge in [-0.2, -0.15) is 0 Å². The topological polar surface area (TPSA) is 41.1 Å². The smallest absolute Gasteiger partial charge is 0.141 e. The van der Waals surface area contributed by atoms with Crippen LogP contribution in [0.5, 0.6) is 0 Å². The molecule has 0 bridgehead atoms. The molecule has 1 aromatic rings. The zero-order valence-corrected chi connectivity index (χ0v) is 9.07. The van der Waals surface area contributed by atoms with E-state index in [0.717, 1.165) is 18.9 Å². The number of likely N-dealkylation sites (N-methyl/N-ethyl adjacent to an activating group) is 1. The minimum Gasteiger partial charge on any atom is -0.308 e. The van der Waals surface area contributed by atoms with Gasteiger partial charge in [0.1, 0.15) is 5.82 Å². The summed E-state index contributed by atoms with van der Waals surface area (Å²) in [5.74, 6) is 0.846. The summed E-state index contributed by atoms with van der Waals surface area (Å²) in [6, 6.07) is 2.35. The molecule has 0 fully saturated rings. The van der Waals surface area contributed by atoms with Crippen molar-refractivity contribution in [1.82, 2.24) is 20.2 Å². The van der Waals surface area contributed by atoms with Crippen molar-refractivity contribution in [1.29, 1.82) is 0 Å². The fraction of sp³-hybridized carbons (Fsp3) is 0.600. The van der Waals surface area contributed by atoms with Gasteiger partial charge in [0.15, 0.2) is 0 Å². The van der Waals surface area contributed by atoms with E-state index < -0.39 is 0 Å². The monoisotopic (exact) mass is 194 g/mol. The lowest BCUT2D eigenvalue weighted by molar-refractivity contribution is 0.302. The van der Waals surface area contributed by atoms with Crippen molar-refractivity contribution in [2.45, 2.75) is 19.5 Å². The lowest BCUT2D eigenvalue weighted by Crippen LogP contribution is -2.35. The average Bonchev–Trinajstić information content (AvgIpc) is 2.19. The van der Waals surface area contributed by atoms with Crippen LogP contribution in [-0.2, 0) is 6.54 Å². The molecule has 4 nitrogen and oxygen atoms in total. The first-order chi connectivity index (χ1) is 6.70. The molecule has 4 heteroatoms. The molecule has 0 aliphatic rings. The Bertz CT molecular complexity index is 248. The van der Waals surface area contributed by atoms with Crippen LogP contribution in [-0.4, -0.2) is 41.5 Å². The van der Waals surface area contributed by atoms with Gasteiger partial charge in [-0.05, 0) is 27.1 Å². The lowest BCUT2D eigenvalue weighted by Gasteiger charge is -2.19. The van der Waals surface area contributed by atoms with E-state index in [1.807, 2.05) is 6.07 Å². The van der Waals surface area contributed by atoms with Gasteiger partial charge in [-0.3, -0.25) is 0 Å². The highest BCUT2D eigenvalue weighted by Gasteiger charge is 2.03. The molecular formula is C10H18N4. The van der Waals surface area contributed by atoms with Crippen LogP contribution in [0.25, 0.3) is 0 Å². The van der Waals surface area contributed by atoms with Crippen molar-refractivity contribution in [2.24, 2.45) is 0 Å². The number of aromatic nitrogens is 2. The number of hydrogen-bond acceptors (Lipinski definition) is 4. The second-order valence-corrected chi connectivity index (χ2v) is 3.61. The fourth-order valence-corrected chi connectivity index (χ4v) is 0.997. The number of rotatable bonds is 5. The Morgan fingerprint density at radius 2 is 2.00 bits per heavy atom. The summed E-state index contributed by atoms with van der Waals surface area (Å²) < 4.78 is 0.